The molecular weight excluding hydrogens is 434 g/mol. The number of hydrogen-bond acceptors (Lipinski definition) is 6. The highest BCUT2D eigenvalue weighted by Crippen LogP contribution is 2.40. The monoisotopic (exact) mass is 451 g/mol. The number of allylic oxidation sites excluding steroid dienone is 1. The van der Waals surface area contributed by atoms with E-state index in [4.69, 9.17) is 5.11 Å². The number of carbonyl (C=O) groups excluding carboxylic acids is 1. The Morgan fingerprint density at radius 3 is 2.26 bits per heavy atom. The number of aromatic hydroxyl groups is 2. The summed E-state index contributed by atoms with van der Waals surface area (Å²) in [5.41, 5.74) is 2.11. The van der Waals surface area contributed by atoms with Gasteiger partial charge < -0.3 is 20.4 Å². The number of aliphatic hydroxyl groups excluding tert-OH is 1. The van der Waals surface area contributed by atoms with Crippen LogP contribution in [0.5, 0.6) is 11.5 Å². The first-order chi connectivity index (χ1) is 16.3. The second-order valence-electron chi connectivity index (χ2n) is 7.82. The fourth-order valence-electron chi connectivity index (χ4n) is 3.97. The van der Waals surface area contributed by atoms with Gasteiger partial charge in [0, 0.05) is 16.5 Å². The molecule has 0 unspecified atom stereocenters. The summed E-state index contributed by atoms with van der Waals surface area (Å²) in [5.74, 6) is -2.48. The predicted octanol–water partition coefficient (Wildman–Crippen LogP) is 5.14. The van der Waals surface area contributed by atoms with Gasteiger partial charge in [-0.1, -0.05) is 42.5 Å². The first-order valence-corrected chi connectivity index (χ1v) is 10.3. The number of nitrogens with zero attached hydrogens (tertiary/aromatic N) is 1. The molecule has 4 N–H and O–H groups in total. The van der Waals surface area contributed by atoms with Crippen molar-refractivity contribution in [2.24, 2.45) is 0 Å². The number of Topliss-reactive ketones (excluding diaryl/α,β-unsaturated/α-hetero) is 1. The summed E-state index contributed by atoms with van der Waals surface area (Å²) >= 11 is 0. The van der Waals surface area contributed by atoms with E-state index in [-0.39, 0.29) is 39.7 Å². The lowest BCUT2D eigenvalue weighted by Crippen LogP contribution is -2.01. The van der Waals surface area contributed by atoms with Crippen LogP contribution in [0, 0.1) is 0 Å². The van der Waals surface area contributed by atoms with Crippen LogP contribution >= 0.6 is 0 Å². The molecule has 0 saturated heterocycles. The van der Waals surface area contributed by atoms with Crippen LogP contribution < -0.4 is 0 Å². The molecule has 1 aliphatic carbocycles. The van der Waals surface area contributed by atoms with Crippen molar-refractivity contribution in [2.75, 3.05) is 0 Å². The average molecular weight is 451 g/mol. The molecule has 34 heavy (non-hydrogen) atoms. The van der Waals surface area contributed by atoms with E-state index in [0.717, 1.165) is 0 Å². The van der Waals surface area contributed by atoms with E-state index in [2.05, 4.69) is 4.98 Å². The first kappa shape index (κ1) is 21.0. The van der Waals surface area contributed by atoms with E-state index in [1.807, 2.05) is 6.07 Å². The van der Waals surface area contributed by atoms with Crippen molar-refractivity contribution < 1.29 is 30.0 Å². The third-order valence-corrected chi connectivity index (χ3v) is 5.67. The minimum absolute atomic E-state index is 0.0137. The van der Waals surface area contributed by atoms with E-state index >= 15 is 0 Å². The molecule has 0 aliphatic heterocycles. The summed E-state index contributed by atoms with van der Waals surface area (Å²) in [7, 11) is 0. The molecule has 0 amide bonds. The summed E-state index contributed by atoms with van der Waals surface area (Å²) in [6.07, 6.45) is 3.34. The fourth-order valence-corrected chi connectivity index (χ4v) is 3.97. The zero-order valence-corrected chi connectivity index (χ0v) is 17.6. The molecule has 1 aliphatic rings. The zero-order chi connectivity index (χ0) is 24.0. The topological polar surface area (TPSA) is 128 Å². The number of hydrogen-bond donors (Lipinski definition) is 4. The molecule has 0 bridgehead atoms. The Balaban J connectivity index is 1.49. The van der Waals surface area contributed by atoms with Gasteiger partial charge in [-0.05, 0) is 47.5 Å². The summed E-state index contributed by atoms with van der Waals surface area (Å²) in [6, 6.07) is 17.8. The van der Waals surface area contributed by atoms with Gasteiger partial charge in [0.05, 0.1) is 11.1 Å². The lowest BCUT2D eigenvalue weighted by molar-refractivity contribution is 0.0693. The molecular formula is C27H17NO6. The van der Waals surface area contributed by atoms with Crippen LogP contribution in [0.2, 0.25) is 0 Å². The van der Waals surface area contributed by atoms with E-state index in [1.165, 1.54) is 18.2 Å². The highest BCUT2D eigenvalue weighted by molar-refractivity contribution is 6.39. The quantitative estimate of drug-likeness (QED) is 0.316. The first-order valence-electron chi connectivity index (χ1n) is 10.3. The van der Waals surface area contributed by atoms with Crippen LogP contribution in [-0.2, 0) is 0 Å². The minimum Gasteiger partial charge on any atom is -0.507 e. The highest BCUT2D eigenvalue weighted by Gasteiger charge is 2.33. The Bertz CT molecular complexity index is 1580. The van der Waals surface area contributed by atoms with Crippen molar-refractivity contribution in [3.05, 3.63) is 100 Å². The number of para-hydroxylation sites is 1. The lowest BCUT2D eigenvalue weighted by Gasteiger charge is -2.07. The van der Waals surface area contributed by atoms with Gasteiger partial charge in [0.25, 0.3) is 0 Å². The van der Waals surface area contributed by atoms with Gasteiger partial charge in [-0.25, -0.2) is 9.78 Å². The van der Waals surface area contributed by atoms with Crippen LogP contribution in [0.4, 0.5) is 0 Å². The Morgan fingerprint density at radius 2 is 1.50 bits per heavy atom. The van der Waals surface area contributed by atoms with Crippen LogP contribution in [0.25, 0.3) is 34.4 Å². The molecule has 7 heteroatoms. The number of aromatic carboxylic acids is 1. The van der Waals surface area contributed by atoms with Gasteiger partial charge in [-0.15, -0.1) is 0 Å². The maximum atomic E-state index is 13.2. The number of benzene rings is 3. The van der Waals surface area contributed by atoms with Gasteiger partial charge in [0.2, 0.25) is 0 Å². The largest absolute Gasteiger partial charge is 0.507 e. The normalized spacial score (nSPS) is 13.1. The Hall–Kier alpha value is -4.91. The second kappa shape index (κ2) is 7.90. The zero-order valence-electron chi connectivity index (χ0n) is 17.6. The van der Waals surface area contributed by atoms with Gasteiger partial charge in [-0.3, -0.25) is 4.79 Å². The molecule has 0 atom stereocenters. The van der Waals surface area contributed by atoms with Crippen LogP contribution in [0.1, 0.15) is 43.1 Å². The molecule has 5 rings (SSSR count). The Kier molecular flexibility index (Phi) is 4.87. The number of carboxylic acid groups (broad SMARTS) is 1. The number of fused-ring (bicyclic) bond motifs is 2. The summed E-state index contributed by atoms with van der Waals surface area (Å²) in [4.78, 5) is 28.8. The second-order valence-corrected chi connectivity index (χ2v) is 7.82. The van der Waals surface area contributed by atoms with Crippen LogP contribution in [-0.4, -0.2) is 37.2 Å². The number of aromatic nitrogens is 1. The average Bonchev–Trinajstić information content (AvgIpc) is 3.07. The molecule has 0 fully saturated rings. The van der Waals surface area contributed by atoms with Crippen molar-refractivity contribution in [1.82, 2.24) is 4.98 Å². The van der Waals surface area contributed by atoms with Crippen molar-refractivity contribution in [3.8, 4) is 11.5 Å². The SMILES string of the molecule is O=C(O)c1cc(/C=C/c2ccc3c(c2)C(=O)C(c2nc4ccccc4cc2O)=C3O)ccc1O. The molecule has 4 aromatic rings. The Labute approximate surface area is 193 Å². The maximum Gasteiger partial charge on any atom is 0.339 e. The van der Waals surface area contributed by atoms with Crippen molar-refractivity contribution in [1.29, 1.82) is 0 Å². The number of pyridine rings is 1. The van der Waals surface area contributed by atoms with Crippen LogP contribution in [0.3, 0.4) is 0 Å². The number of aliphatic hydroxyl groups is 1. The fraction of sp³-hybridized carbons (Fsp3) is 0. The minimum atomic E-state index is -1.24. The van der Waals surface area contributed by atoms with E-state index in [9.17, 15) is 24.9 Å². The van der Waals surface area contributed by atoms with Gasteiger partial charge in [0.15, 0.2) is 5.78 Å². The molecule has 0 radical (unpaired) electrons. The summed E-state index contributed by atoms with van der Waals surface area (Å²) in [5, 5.41) is 40.8. The van der Waals surface area contributed by atoms with Gasteiger partial charge >= 0.3 is 5.97 Å². The molecule has 166 valence electrons. The summed E-state index contributed by atoms with van der Waals surface area (Å²) < 4.78 is 0. The van der Waals surface area contributed by atoms with Crippen molar-refractivity contribution in [3.63, 3.8) is 0 Å². The molecule has 3 aromatic carbocycles. The molecule has 1 aromatic heterocycles. The van der Waals surface area contributed by atoms with E-state index in [0.29, 0.717) is 27.6 Å². The molecule has 0 spiro atoms. The van der Waals surface area contributed by atoms with E-state index < -0.39 is 11.8 Å². The number of rotatable bonds is 4. The van der Waals surface area contributed by atoms with Crippen LogP contribution in [0.15, 0.2) is 66.7 Å². The number of ketones is 1. The third-order valence-electron chi connectivity index (χ3n) is 5.67. The predicted molar refractivity (Wildman–Crippen MR) is 128 cm³/mol. The maximum absolute atomic E-state index is 13.2. The standard InChI is InChI=1S/C27H17NO6/c29-21-10-8-15(12-19(21)27(33)34)6-5-14-7-9-17-18(11-14)26(32)23(25(17)31)24-22(30)13-16-3-1-2-4-20(16)28-24/h1-13,29-31H,(H,33,34)/b6-5+. The summed E-state index contributed by atoms with van der Waals surface area (Å²) in [6.45, 7) is 0. The van der Waals surface area contributed by atoms with Crippen molar-refractivity contribution >= 4 is 46.1 Å². The smallest absolute Gasteiger partial charge is 0.339 e. The molecule has 0 saturated carbocycles. The van der Waals surface area contributed by atoms with Gasteiger partial charge in [0.1, 0.15) is 28.5 Å². The van der Waals surface area contributed by atoms with E-state index in [1.54, 1.807) is 54.6 Å². The van der Waals surface area contributed by atoms with Crippen molar-refractivity contribution in [2.45, 2.75) is 0 Å². The Morgan fingerprint density at radius 1 is 0.794 bits per heavy atom. The molecule has 1 heterocycles. The van der Waals surface area contributed by atoms with Gasteiger partial charge in [-0.2, -0.15) is 0 Å². The number of carbonyl (C=O) groups is 2. The number of carboxylic acids is 1. The third kappa shape index (κ3) is 3.45. The number of phenols is 1. The highest BCUT2D eigenvalue weighted by atomic mass is 16.4. The molecule has 7 nitrogen and oxygen atoms in total. The lowest BCUT2D eigenvalue weighted by atomic mass is 10.0.